The van der Waals surface area contributed by atoms with Gasteiger partial charge in [0.15, 0.2) is 0 Å². The second-order valence-corrected chi connectivity index (χ2v) is 5.09. The van der Waals surface area contributed by atoms with Gasteiger partial charge in [-0.2, -0.15) is 0 Å². The molecule has 0 bridgehead atoms. The number of hydrogen-bond acceptors (Lipinski definition) is 2. The smallest absolute Gasteiger partial charge is 0.127 e. The molecule has 2 nitrogen and oxygen atoms in total. The highest BCUT2D eigenvalue weighted by Crippen LogP contribution is 2.08. The van der Waals surface area contributed by atoms with Crippen LogP contribution in [0, 0.1) is 11.7 Å². The summed E-state index contributed by atoms with van der Waals surface area (Å²) in [5.41, 5.74) is 0.733. The van der Waals surface area contributed by atoms with Crippen LogP contribution in [0.1, 0.15) is 19.4 Å². The number of likely N-dealkylation sites (N-methyl/N-ethyl adjacent to an activating group) is 1. The molecule has 1 N–H and O–H groups in total. The number of rotatable bonds is 6. The fourth-order valence-electron chi connectivity index (χ4n) is 1.79. The number of halogens is 1. The molecule has 0 amide bonds. The van der Waals surface area contributed by atoms with E-state index in [0.29, 0.717) is 18.5 Å². The van der Waals surface area contributed by atoms with Crippen LogP contribution < -0.4 is 5.32 Å². The topological polar surface area (TPSA) is 15.3 Å². The molecule has 0 radical (unpaired) electrons. The third-order valence-corrected chi connectivity index (χ3v) is 2.88. The monoisotopic (exact) mass is 238 g/mol. The molecule has 1 aromatic rings. The van der Waals surface area contributed by atoms with E-state index in [1.54, 1.807) is 6.07 Å². The second-order valence-electron chi connectivity index (χ2n) is 5.09. The molecule has 1 rings (SSSR count). The zero-order valence-electron chi connectivity index (χ0n) is 11.2. The predicted octanol–water partition coefficient (Wildman–Crippen LogP) is 2.50. The molecule has 1 aromatic carbocycles. The van der Waals surface area contributed by atoms with Crippen molar-refractivity contribution in [3.63, 3.8) is 0 Å². The third-order valence-electron chi connectivity index (χ3n) is 2.88. The third kappa shape index (κ3) is 4.84. The van der Waals surface area contributed by atoms with Crippen molar-refractivity contribution in [3.8, 4) is 0 Å². The quantitative estimate of drug-likeness (QED) is 0.819. The highest BCUT2D eigenvalue weighted by molar-refractivity contribution is 5.17. The Morgan fingerprint density at radius 2 is 1.88 bits per heavy atom. The second kappa shape index (κ2) is 6.72. The Bertz CT molecular complexity index is 337. The number of benzene rings is 1. The molecule has 0 saturated heterocycles. The molecule has 0 heterocycles. The van der Waals surface area contributed by atoms with Crippen LogP contribution in [-0.2, 0) is 6.54 Å². The Hall–Kier alpha value is -0.930. The molecule has 0 spiro atoms. The van der Waals surface area contributed by atoms with Crippen molar-refractivity contribution < 1.29 is 4.39 Å². The minimum atomic E-state index is -0.132. The summed E-state index contributed by atoms with van der Waals surface area (Å²) < 4.78 is 13.5. The fraction of sp³-hybridized carbons (Fsp3) is 0.571. The number of nitrogens with zero attached hydrogens (tertiary/aromatic N) is 1. The lowest BCUT2D eigenvalue weighted by Crippen LogP contribution is -2.41. The van der Waals surface area contributed by atoms with Gasteiger partial charge in [0, 0.05) is 24.7 Å². The Labute approximate surface area is 104 Å². The summed E-state index contributed by atoms with van der Waals surface area (Å²) in [5.74, 6) is 0.400. The van der Waals surface area contributed by atoms with E-state index in [9.17, 15) is 4.39 Å². The van der Waals surface area contributed by atoms with E-state index in [1.807, 2.05) is 12.1 Å². The molecule has 0 aliphatic carbocycles. The van der Waals surface area contributed by atoms with Crippen LogP contribution >= 0.6 is 0 Å². The Morgan fingerprint density at radius 1 is 1.24 bits per heavy atom. The summed E-state index contributed by atoms with van der Waals surface area (Å²) in [6.07, 6.45) is 0. The van der Waals surface area contributed by atoms with E-state index in [-0.39, 0.29) is 5.82 Å². The maximum Gasteiger partial charge on any atom is 0.127 e. The lowest BCUT2D eigenvalue weighted by molar-refractivity contribution is 0.287. The summed E-state index contributed by atoms with van der Waals surface area (Å²) in [6.45, 7) is 5.92. The predicted molar refractivity (Wildman–Crippen MR) is 70.4 cm³/mol. The van der Waals surface area contributed by atoms with Crippen molar-refractivity contribution in [2.45, 2.75) is 26.4 Å². The van der Waals surface area contributed by atoms with Crippen LogP contribution in [0.4, 0.5) is 4.39 Å². The maximum atomic E-state index is 13.5. The van der Waals surface area contributed by atoms with Gasteiger partial charge in [-0.05, 0) is 26.1 Å². The highest BCUT2D eigenvalue weighted by Gasteiger charge is 2.14. The van der Waals surface area contributed by atoms with Gasteiger partial charge in [-0.25, -0.2) is 4.39 Å². The van der Waals surface area contributed by atoms with Crippen molar-refractivity contribution in [3.05, 3.63) is 35.6 Å². The number of nitrogens with one attached hydrogen (secondary N) is 1. The van der Waals surface area contributed by atoms with Crippen molar-refractivity contribution >= 4 is 0 Å². The Kier molecular flexibility index (Phi) is 5.59. The SMILES string of the molecule is CC(C)C(CN(C)C)NCc1ccccc1F. The summed E-state index contributed by atoms with van der Waals surface area (Å²) >= 11 is 0. The van der Waals surface area contributed by atoms with Crippen molar-refractivity contribution in [1.29, 1.82) is 0 Å². The summed E-state index contributed by atoms with van der Waals surface area (Å²) in [7, 11) is 4.11. The molecule has 1 unspecified atom stereocenters. The van der Waals surface area contributed by atoms with E-state index in [1.165, 1.54) is 6.07 Å². The normalized spacial score (nSPS) is 13.4. The maximum absolute atomic E-state index is 13.5. The van der Waals surface area contributed by atoms with Gasteiger partial charge in [0.05, 0.1) is 0 Å². The van der Waals surface area contributed by atoms with Crippen LogP contribution in [-0.4, -0.2) is 31.6 Å². The molecule has 96 valence electrons. The van der Waals surface area contributed by atoms with Gasteiger partial charge in [-0.15, -0.1) is 0 Å². The van der Waals surface area contributed by atoms with Crippen molar-refractivity contribution in [2.24, 2.45) is 5.92 Å². The van der Waals surface area contributed by atoms with E-state index < -0.39 is 0 Å². The molecule has 3 heteroatoms. The van der Waals surface area contributed by atoms with Gasteiger partial charge in [0.25, 0.3) is 0 Å². The average Bonchev–Trinajstić information content (AvgIpc) is 2.25. The molecule has 17 heavy (non-hydrogen) atoms. The Balaban J connectivity index is 2.55. The first-order chi connectivity index (χ1) is 8.00. The van der Waals surface area contributed by atoms with Crippen LogP contribution in [0.2, 0.25) is 0 Å². The Morgan fingerprint density at radius 3 is 2.41 bits per heavy atom. The van der Waals surface area contributed by atoms with Gasteiger partial charge in [-0.1, -0.05) is 32.0 Å². The van der Waals surface area contributed by atoms with E-state index in [2.05, 4.69) is 38.2 Å². The average molecular weight is 238 g/mol. The molecular weight excluding hydrogens is 215 g/mol. The molecule has 0 saturated carbocycles. The minimum absolute atomic E-state index is 0.132. The highest BCUT2D eigenvalue weighted by atomic mass is 19.1. The van der Waals surface area contributed by atoms with Gasteiger partial charge in [-0.3, -0.25) is 0 Å². The summed E-state index contributed by atoms with van der Waals surface area (Å²) in [5, 5.41) is 3.43. The van der Waals surface area contributed by atoms with Gasteiger partial charge >= 0.3 is 0 Å². The standard InChI is InChI=1S/C14H23FN2/c1-11(2)14(10-17(3)4)16-9-12-7-5-6-8-13(12)15/h5-8,11,14,16H,9-10H2,1-4H3. The van der Waals surface area contributed by atoms with Crippen molar-refractivity contribution in [1.82, 2.24) is 10.2 Å². The molecular formula is C14H23FN2. The van der Waals surface area contributed by atoms with E-state index in [0.717, 1.165) is 12.1 Å². The van der Waals surface area contributed by atoms with Crippen LogP contribution in [0.3, 0.4) is 0 Å². The van der Waals surface area contributed by atoms with Crippen LogP contribution in [0.15, 0.2) is 24.3 Å². The first kappa shape index (κ1) is 14.1. The summed E-state index contributed by atoms with van der Waals surface area (Å²) in [6, 6.07) is 7.31. The van der Waals surface area contributed by atoms with Gasteiger partial charge in [0.1, 0.15) is 5.82 Å². The molecule has 0 aromatic heterocycles. The zero-order chi connectivity index (χ0) is 12.8. The first-order valence-electron chi connectivity index (χ1n) is 6.12. The first-order valence-corrected chi connectivity index (χ1v) is 6.12. The van der Waals surface area contributed by atoms with Crippen molar-refractivity contribution in [2.75, 3.05) is 20.6 Å². The molecule has 0 aliphatic heterocycles. The van der Waals surface area contributed by atoms with E-state index in [4.69, 9.17) is 0 Å². The zero-order valence-corrected chi connectivity index (χ0v) is 11.2. The van der Waals surface area contributed by atoms with E-state index >= 15 is 0 Å². The number of hydrogen-bond donors (Lipinski definition) is 1. The van der Waals surface area contributed by atoms with Gasteiger partial charge < -0.3 is 10.2 Å². The molecule has 0 fully saturated rings. The van der Waals surface area contributed by atoms with Crippen LogP contribution in [0.5, 0.6) is 0 Å². The minimum Gasteiger partial charge on any atom is -0.308 e. The lowest BCUT2D eigenvalue weighted by Gasteiger charge is -2.25. The molecule has 0 aliphatic rings. The largest absolute Gasteiger partial charge is 0.308 e. The summed E-state index contributed by atoms with van der Waals surface area (Å²) in [4.78, 5) is 2.15. The fourth-order valence-corrected chi connectivity index (χ4v) is 1.79. The van der Waals surface area contributed by atoms with Gasteiger partial charge in [0.2, 0.25) is 0 Å². The molecule has 1 atom stereocenters. The lowest BCUT2D eigenvalue weighted by atomic mass is 10.0. The van der Waals surface area contributed by atoms with Crippen LogP contribution in [0.25, 0.3) is 0 Å².